The summed E-state index contributed by atoms with van der Waals surface area (Å²) in [6, 6.07) is 5.32. The molecule has 6 heteroatoms. The number of nitrogens with one attached hydrogen (secondary N) is 1. The molecule has 1 heterocycles. The summed E-state index contributed by atoms with van der Waals surface area (Å²) >= 11 is 0. The highest BCUT2D eigenvalue weighted by Crippen LogP contribution is 2.31. The number of Topliss-reactive ketones (excluding diaryl/α,β-unsaturated/α-hetero) is 1. The Kier molecular flexibility index (Phi) is 5.06. The van der Waals surface area contributed by atoms with Crippen LogP contribution in [0.25, 0.3) is 0 Å². The second-order valence-electron chi connectivity index (χ2n) is 5.08. The number of amides is 1. The number of ether oxygens (including phenoxy) is 1. The first-order chi connectivity index (χ1) is 10.0. The number of anilines is 1. The molecule has 0 radical (unpaired) electrons. The molecule has 1 amide bonds. The van der Waals surface area contributed by atoms with Crippen LogP contribution in [0.2, 0.25) is 0 Å². The van der Waals surface area contributed by atoms with Gasteiger partial charge in [-0.1, -0.05) is 12.1 Å². The van der Waals surface area contributed by atoms with Crippen LogP contribution in [0.4, 0.5) is 5.69 Å². The maximum atomic E-state index is 11.8. The number of hydrogen-bond acceptors (Lipinski definition) is 5. The number of fused-ring (bicyclic) bond motifs is 1. The largest absolute Gasteiger partial charge is 0.394 e. The first-order valence-corrected chi connectivity index (χ1v) is 6.85. The number of rotatable bonds is 6. The average molecular weight is 293 g/mol. The lowest BCUT2D eigenvalue weighted by molar-refractivity contribution is -0.131. The van der Waals surface area contributed by atoms with E-state index in [1.165, 1.54) is 6.92 Å². The third kappa shape index (κ3) is 3.66. The second kappa shape index (κ2) is 6.80. The SMILES string of the molecule is CC(=O)[C@H](OCC(O)CO)c1cccc2c1CCC(=O)N2. The number of aliphatic hydroxyl groups excluding tert-OH is 2. The molecule has 0 spiro atoms. The predicted molar refractivity (Wildman–Crippen MR) is 75.9 cm³/mol. The molecular formula is C15H19NO5. The van der Waals surface area contributed by atoms with Crippen molar-refractivity contribution in [1.29, 1.82) is 0 Å². The van der Waals surface area contributed by atoms with Crippen LogP contribution in [-0.2, 0) is 20.7 Å². The Bertz CT molecular complexity index is 543. The highest BCUT2D eigenvalue weighted by Gasteiger charge is 2.25. The molecule has 1 aliphatic heterocycles. The molecule has 0 saturated heterocycles. The van der Waals surface area contributed by atoms with Gasteiger partial charge >= 0.3 is 0 Å². The van der Waals surface area contributed by atoms with Crippen molar-refractivity contribution in [1.82, 2.24) is 0 Å². The number of ketones is 1. The molecule has 3 N–H and O–H groups in total. The Balaban J connectivity index is 2.26. The van der Waals surface area contributed by atoms with Crippen LogP contribution >= 0.6 is 0 Å². The van der Waals surface area contributed by atoms with Gasteiger partial charge in [-0.05, 0) is 30.5 Å². The van der Waals surface area contributed by atoms with E-state index >= 15 is 0 Å². The molecule has 1 unspecified atom stereocenters. The van der Waals surface area contributed by atoms with Gasteiger partial charge < -0.3 is 20.3 Å². The van der Waals surface area contributed by atoms with Crippen molar-refractivity contribution in [3.8, 4) is 0 Å². The van der Waals surface area contributed by atoms with Crippen molar-refractivity contribution in [2.24, 2.45) is 0 Å². The minimum Gasteiger partial charge on any atom is -0.394 e. The lowest BCUT2D eigenvalue weighted by Crippen LogP contribution is -2.26. The van der Waals surface area contributed by atoms with Gasteiger partial charge in [-0.15, -0.1) is 0 Å². The molecule has 1 aromatic rings. The molecule has 1 aromatic carbocycles. The molecule has 0 saturated carbocycles. The average Bonchev–Trinajstić information content (AvgIpc) is 2.46. The molecular weight excluding hydrogens is 274 g/mol. The lowest BCUT2D eigenvalue weighted by Gasteiger charge is -2.24. The van der Waals surface area contributed by atoms with Crippen LogP contribution in [0.15, 0.2) is 18.2 Å². The van der Waals surface area contributed by atoms with Gasteiger partial charge in [0.05, 0.1) is 13.2 Å². The zero-order valence-electron chi connectivity index (χ0n) is 11.8. The van der Waals surface area contributed by atoms with E-state index in [0.717, 1.165) is 5.56 Å². The zero-order chi connectivity index (χ0) is 15.4. The van der Waals surface area contributed by atoms with Crippen molar-refractivity contribution < 1.29 is 24.5 Å². The second-order valence-corrected chi connectivity index (χ2v) is 5.08. The number of aliphatic hydroxyl groups is 2. The summed E-state index contributed by atoms with van der Waals surface area (Å²) in [5, 5.41) is 21.0. The molecule has 2 rings (SSSR count). The minimum atomic E-state index is -1.02. The Morgan fingerprint density at radius 1 is 1.43 bits per heavy atom. The van der Waals surface area contributed by atoms with E-state index < -0.39 is 18.8 Å². The summed E-state index contributed by atoms with van der Waals surface area (Å²) in [4.78, 5) is 23.3. The molecule has 6 nitrogen and oxygen atoms in total. The van der Waals surface area contributed by atoms with Crippen LogP contribution in [0.1, 0.15) is 30.6 Å². The van der Waals surface area contributed by atoms with Crippen LogP contribution in [-0.4, -0.2) is 41.2 Å². The van der Waals surface area contributed by atoms with Crippen molar-refractivity contribution in [2.75, 3.05) is 18.5 Å². The molecule has 2 atom stereocenters. The summed E-state index contributed by atoms with van der Waals surface area (Å²) < 4.78 is 5.46. The van der Waals surface area contributed by atoms with E-state index in [0.29, 0.717) is 24.1 Å². The normalized spacial score (nSPS) is 16.8. The number of carbonyl (C=O) groups excluding carboxylic acids is 2. The Hall–Kier alpha value is -1.76. The topological polar surface area (TPSA) is 95.9 Å². The van der Waals surface area contributed by atoms with E-state index in [2.05, 4.69) is 5.32 Å². The summed E-state index contributed by atoms with van der Waals surface area (Å²) in [7, 11) is 0. The van der Waals surface area contributed by atoms with Gasteiger partial charge in [-0.25, -0.2) is 0 Å². The molecule has 0 aromatic heterocycles. The monoisotopic (exact) mass is 293 g/mol. The van der Waals surface area contributed by atoms with Crippen LogP contribution in [0.3, 0.4) is 0 Å². The van der Waals surface area contributed by atoms with E-state index in [9.17, 15) is 14.7 Å². The number of hydrogen-bond donors (Lipinski definition) is 3. The minimum absolute atomic E-state index is 0.0457. The van der Waals surface area contributed by atoms with Gasteiger partial charge in [0.2, 0.25) is 5.91 Å². The van der Waals surface area contributed by atoms with Crippen molar-refractivity contribution in [3.63, 3.8) is 0 Å². The Labute approximate surface area is 122 Å². The summed E-state index contributed by atoms with van der Waals surface area (Å²) in [5.74, 6) is -0.235. The first-order valence-electron chi connectivity index (χ1n) is 6.85. The third-order valence-electron chi connectivity index (χ3n) is 3.41. The van der Waals surface area contributed by atoms with Gasteiger partial charge in [-0.3, -0.25) is 9.59 Å². The maximum Gasteiger partial charge on any atom is 0.224 e. The van der Waals surface area contributed by atoms with Gasteiger partial charge in [0.25, 0.3) is 0 Å². The highest BCUT2D eigenvalue weighted by molar-refractivity contribution is 5.94. The fraction of sp³-hybridized carbons (Fsp3) is 0.467. The van der Waals surface area contributed by atoms with E-state index in [1.807, 2.05) is 0 Å². The van der Waals surface area contributed by atoms with Crippen LogP contribution in [0, 0.1) is 0 Å². The molecule has 0 bridgehead atoms. The van der Waals surface area contributed by atoms with Crippen LogP contribution < -0.4 is 5.32 Å². The summed E-state index contributed by atoms with van der Waals surface area (Å²) in [6.07, 6.45) is -0.914. The highest BCUT2D eigenvalue weighted by atomic mass is 16.5. The van der Waals surface area contributed by atoms with Crippen molar-refractivity contribution in [3.05, 3.63) is 29.3 Å². The molecule has 1 aliphatic rings. The zero-order valence-corrected chi connectivity index (χ0v) is 11.8. The van der Waals surface area contributed by atoms with Crippen molar-refractivity contribution in [2.45, 2.75) is 32.0 Å². The standard InChI is InChI=1S/C15H19NO5/c1-9(18)15(21-8-10(19)7-17)12-3-2-4-13-11(12)5-6-14(20)16-13/h2-4,10,15,17,19H,5-8H2,1H3,(H,16,20)/t10?,15-/m0/s1. The Morgan fingerprint density at radius 3 is 2.86 bits per heavy atom. The quantitative estimate of drug-likeness (QED) is 0.712. The lowest BCUT2D eigenvalue weighted by atomic mass is 9.93. The van der Waals surface area contributed by atoms with Crippen molar-refractivity contribution >= 4 is 17.4 Å². The molecule has 21 heavy (non-hydrogen) atoms. The van der Waals surface area contributed by atoms with Gasteiger partial charge in [0, 0.05) is 12.1 Å². The maximum absolute atomic E-state index is 11.8. The van der Waals surface area contributed by atoms with Gasteiger partial charge in [-0.2, -0.15) is 0 Å². The first kappa shape index (κ1) is 15.6. The van der Waals surface area contributed by atoms with Gasteiger partial charge in [0.1, 0.15) is 12.2 Å². The number of carbonyl (C=O) groups is 2. The Morgan fingerprint density at radius 2 is 2.19 bits per heavy atom. The summed E-state index contributed by atoms with van der Waals surface area (Å²) in [5.41, 5.74) is 2.28. The fourth-order valence-electron chi connectivity index (χ4n) is 2.38. The molecule has 0 aliphatic carbocycles. The number of benzene rings is 1. The van der Waals surface area contributed by atoms with E-state index in [-0.39, 0.29) is 18.3 Å². The van der Waals surface area contributed by atoms with E-state index in [1.54, 1.807) is 18.2 Å². The molecule has 114 valence electrons. The fourth-order valence-corrected chi connectivity index (χ4v) is 2.38. The summed E-state index contributed by atoms with van der Waals surface area (Å²) in [6.45, 7) is 0.862. The predicted octanol–water partition coefficient (Wildman–Crippen LogP) is 0.571. The van der Waals surface area contributed by atoms with Crippen LogP contribution in [0.5, 0.6) is 0 Å². The third-order valence-corrected chi connectivity index (χ3v) is 3.41. The smallest absolute Gasteiger partial charge is 0.224 e. The van der Waals surface area contributed by atoms with E-state index in [4.69, 9.17) is 9.84 Å². The molecule has 0 fully saturated rings. The van der Waals surface area contributed by atoms with Gasteiger partial charge in [0.15, 0.2) is 5.78 Å².